The predicted molar refractivity (Wildman–Crippen MR) is 122 cm³/mol. The highest BCUT2D eigenvalue weighted by Crippen LogP contribution is 2.24. The molecule has 1 aromatic rings. The minimum absolute atomic E-state index is 0.0586. The van der Waals surface area contributed by atoms with Crippen molar-refractivity contribution in [3.63, 3.8) is 0 Å². The Bertz CT molecular complexity index is 771. The zero-order valence-electron chi connectivity index (χ0n) is 18.5. The Balaban J connectivity index is 2.63. The van der Waals surface area contributed by atoms with E-state index in [1.165, 1.54) is 88.5 Å². The Hall–Kier alpha value is -0.880. The predicted octanol–water partition coefficient (Wildman–Crippen LogP) is 6.20. The molecule has 1 aromatic carbocycles. The summed E-state index contributed by atoms with van der Waals surface area (Å²) in [6.45, 7) is 4.43. The number of hydrogen-bond acceptors (Lipinski definition) is 4. The number of benzene rings is 1. The van der Waals surface area contributed by atoms with Crippen molar-refractivity contribution in [3.8, 4) is 0 Å². The Labute approximate surface area is 179 Å². The van der Waals surface area contributed by atoms with Crippen LogP contribution in [0.25, 0.3) is 0 Å². The van der Waals surface area contributed by atoms with Crippen LogP contribution in [0, 0.1) is 5.92 Å². The van der Waals surface area contributed by atoms with Crippen LogP contribution in [0.2, 0.25) is 0 Å². The minimum atomic E-state index is -3.46. The third-order valence-electron chi connectivity index (χ3n) is 5.55. The van der Waals surface area contributed by atoms with E-state index in [1.54, 1.807) is 0 Å². The van der Waals surface area contributed by atoms with E-state index < -0.39 is 19.7 Å². The summed E-state index contributed by atoms with van der Waals surface area (Å²) in [5.41, 5.74) is 0. The zero-order chi connectivity index (χ0) is 21.8. The highest BCUT2D eigenvalue weighted by Gasteiger charge is 2.18. The van der Waals surface area contributed by atoms with Gasteiger partial charge in [-0.05, 0) is 37.0 Å². The average Bonchev–Trinajstić information content (AvgIpc) is 2.67. The normalized spacial score (nSPS) is 12.6. The van der Waals surface area contributed by atoms with E-state index in [4.69, 9.17) is 0 Å². The fraction of sp³-hybridized carbons (Fsp3) is 0.739. The molecule has 0 fully saturated rings. The van der Waals surface area contributed by atoms with E-state index in [1.807, 2.05) is 0 Å². The van der Waals surface area contributed by atoms with E-state index in [0.717, 1.165) is 12.7 Å². The van der Waals surface area contributed by atoms with E-state index in [2.05, 4.69) is 13.8 Å². The fourth-order valence-electron chi connectivity index (χ4n) is 3.73. The van der Waals surface area contributed by atoms with Crippen molar-refractivity contribution in [1.29, 1.82) is 0 Å². The van der Waals surface area contributed by atoms with Crippen LogP contribution in [0.4, 0.5) is 0 Å². The number of unbranched alkanes of at least 4 members (excludes halogenated alkanes) is 6. The highest BCUT2D eigenvalue weighted by molar-refractivity contribution is 7.92. The highest BCUT2D eigenvalue weighted by atomic mass is 32.2. The summed E-state index contributed by atoms with van der Waals surface area (Å²) in [5.74, 6) is 0.682. The molecule has 0 bridgehead atoms. The van der Waals surface area contributed by atoms with E-state index in [0.29, 0.717) is 12.3 Å². The molecule has 0 amide bonds. The van der Waals surface area contributed by atoms with Crippen molar-refractivity contribution >= 4 is 19.7 Å². The molecule has 0 aromatic heterocycles. The van der Waals surface area contributed by atoms with Crippen LogP contribution < -0.4 is 0 Å². The van der Waals surface area contributed by atoms with Crippen molar-refractivity contribution < 1.29 is 16.8 Å². The molecule has 4 nitrogen and oxygen atoms in total. The van der Waals surface area contributed by atoms with Gasteiger partial charge >= 0.3 is 0 Å². The largest absolute Gasteiger partial charge is 0.224 e. The summed E-state index contributed by atoms with van der Waals surface area (Å²) in [6.07, 6.45) is 15.0. The Kier molecular flexibility index (Phi) is 12.1. The first kappa shape index (κ1) is 26.2. The van der Waals surface area contributed by atoms with Gasteiger partial charge < -0.3 is 0 Å². The van der Waals surface area contributed by atoms with Crippen molar-refractivity contribution in [2.75, 3.05) is 12.0 Å². The first-order valence-electron chi connectivity index (χ1n) is 11.2. The molecule has 1 rings (SSSR count). The van der Waals surface area contributed by atoms with Crippen molar-refractivity contribution in [3.05, 3.63) is 24.3 Å². The lowest BCUT2D eigenvalue weighted by atomic mass is 9.91. The molecule has 0 aliphatic carbocycles. The van der Waals surface area contributed by atoms with Gasteiger partial charge in [-0.25, -0.2) is 16.8 Å². The van der Waals surface area contributed by atoms with E-state index >= 15 is 0 Å². The van der Waals surface area contributed by atoms with E-state index in [9.17, 15) is 16.8 Å². The minimum Gasteiger partial charge on any atom is -0.224 e. The van der Waals surface area contributed by atoms with Crippen LogP contribution in [-0.4, -0.2) is 28.8 Å². The van der Waals surface area contributed by atoms with Crippen LogP contribution >= 0.6 is 0 Å². The third-order valence-corrected chi connectivity index (χ3v) is 8.46. The molecule has 6 heteroatoms. The molecule has 0 atom stereocenters. The maximum Gasteiger partial charge on any atom is 0.178 e. The summed E-state index contributed by atoms with van der Waals surface area (Å²) in [7, 11) is -6.88. The van der Waals surface area contributed by atoms with Gasteiger partial charge in [0.1, 0.15) is 0 Å². The van der Waals surface area contributed by atoms with Gasteiger partial charge in [0.25, 0.3) is 0 Å². The van der Waals surface area contributed by atoms with Gasteiger partial charge in [0.05, 0.1) is 15.5 Å². The molecule has 0 saturated carbocycles. The van der Waals surface area contributed by atoms with Crippen LogP contribution in [0.5, 0.6) is 0 Å². The number of sulfone groups is 2. The average molecular weight is 445 g/mol. The van der Waals surface area contributed by atoms with E-state index in [-0.39, 0.29) is 15.5 Å². The molecule has 0 heterocycles. The third kappa shape index (κ3) is 10.6. The molecule has 0 radical (unpaired) electrons. The first-order valence-corrected chi connectivity index (χ1v) is 14.8. The van der Waals surface area contributed by atoms with Crippen molar-refractivity contribution in [2.45, 2.75) is 101 Å². The number of rotatable bonds is 16. The molecule has 0 aliphatic rings. The van der Waals surface area contributed by atoms with Gasteiger partial charge in [0.2, 0.25) is 0 Å². The summed E-state index contributed by atoms with van der Waals surface area (Å²) in [4.78, 5) is 0.172. The SMILES string of the molecule is CCCCCCC(CCCCCC)CCCS(=O)(=O)c1cccc(S(C)(=O)=O)c1. The molecule has 0 aliphatic heterocycles. The lowest BCUT2D eigenvalue weighted by Crippen LogP contribution is -2.10. The smallest absolute Gasteiger partial charge is 0.178 e. The molecule has 0 spiro atoms. The lowest BCUT2D eigenvalue weighted by Gasteiger charge is -2.17. The number of hydrogen-bond donors (Lipinski definition) is 0. The Morgan fingerprint density at radius 2 is 1.24 bits per heavy atom. The fourth-order valence-corrected chi connectivity index (χ4v) is 5.85. The van der Waals surface area contributed by atoms with Crippen LogP contribution in [0.1, 0.15) is 90.9 Å². The monoisotopic (exact) mass is 444 g/mol. The van der Waals surface area contributed by atoms with Crippen molar-refractivity contribution in [1.82, 2.24) is 0 Å². The summed E-state index contributed by atoms with van der Waals surface area (Å²) < 4.78 is 48.8. The summed E-state index contributed by atoms with van der Waals surface area (Å²) in [5, 5.41) is 0. The van der Waals surface area contributed by atoms with Crippen LogP contribution in [-0.2, 0) is 19.7 Å². The zero-order valence-corrected chi connectivity index (χ0v) is 20.2. The maximum atomic E-state index is 12.7. The quantitative estimate of drug-likeness (QED) is 0.285. The lowest BCUT2D eigenvalue weighted by molar-refractivity contribution is 0.379. The molecule has 168 valence electrons. The van der Waals surface area contributed by atoms with Gasteiger partial charge in [-0.3, -0.25) is 0 Å². The first-order chi connectivity index (χ1) is 13.7. The summed E-state index contributed by atoms with van der Waals surface area (Å²) in [6, 6.07) is 5.74. The van der Waals surface area contributed by atoms with Crippen molar-refractivity contribution in [2.24, 2.45) is 5.92 Å². The molecule has 0 saturated heterocycles. The molecule has 29 heavy (non-hydrogen) atoms. The van der Waals surface area contributed by atoms with Gasteiger partial charge in [-0.1, -0.05) is 84.1 Å². The second kappa shape index (κ2) is 13.4. The molecular weight excluding hydrogens is 404 g/mol. The van der Waals surface area contributed by atoms with Crippen LogP contribution in [0.3, 0.4) is 0 Å². The van der Waals surface area contributed by atoms with Gasteiger partial charge in [0, 0.05) is 6.26 Å². The van der Waals surface area contributed by atoms with Crippen LogP contribution in [0.15, 0.2) is 34.1 Å². The second-order valence-electron chi connectivity index (χ2n) is 8.27. The molecular formula is C23H40O4S2. The van der Waals surface area contributed by atoms with Gasteiger partial charge in [-0.15, -0.1) is 0 Å². The maximum absolute atomic E-state index is 12.7. The molecule has 0 unspecified atom stereocenters. The second-order valence-corrected chi connectivity index (χ2v) is 12.4. The Morgan fingerprint density at radius 3 is 1.76 bits per heavy atom. The van der Waals surface area contributed by atoms with Gasteiger partial charge in [0.15, 0.2) is 19.7 Å². The topological polar surface area (TPSA) is 68.3 Å². The molecule has 0 N–H and O–H groups in total. The Morgan fingerprint density at radius 1 is 0.724 bits per heavy atom. The standard InChI is InChI=1S/C23H40O4S2/c1-4-6-8-10-14-21(15-11-9-7-5-2)16-13-19-29(26,27)23-18-12-17-22(20-23)28(3,24)25/h12,17-18,20-21H,4-11,13-16,19H2,1-3H3. The van der Waals surface area contributed by atoms with Gasteiger partial charge in [-0.2, -0.15) is 0 Å². The summed E-state index contributed by atoms with van der Waals surface area (Å²) >= 11 is 0.